The van der Waals surface area contributed by atoms with Crippen molar-refractivity contribution in [2.75, 3.05) is 105 Å². The summed E-state index contributed by atoms with van der Waals surface area (Å²) in [7, 11) is 0. The topological polar surface area (TPSA) is 95.4 Å². The minimum absolute atomic E-state index is 0.173. The molecule has 8 nitrogen and oxygen atoms in total. The molecule has 0 bridgehead atoms. The summed E-state index contributed by atoms with van der Waals surface area (Å²) in [6.45, 7) is 12.4. The highest BCUT2D eigenvalue weighted by Crippen LogP contribution is 2.93. The number of hydrogen-bond acceptors (Lipinski definition) is 8. The van der Waals surface area contributed by atoms with Crippen molar-refractivity contribution in [3.05, 3.63) is 88.3 Å². The maximum absolute atomic E-state index is 6.65. The lowest BCUT2D eigenvalue weighted by atomic mass is 9.48. The van der Waals surface area contributed by atoms with Crippen LogP contribution in [0.3, 0.4) is 0 Å². The smallest absolute Gasteiger partial charge is 0.0701 e. The minimum Gasteiger partial charge on any atom is -0.378 e. The lowest BCUT2D eigenvalue weighted by Gasteiger charge is -2.51. The molecule has 18 aliphatic rings. The molecular formula is C76H42N4O4. The SMILES string of the molecule is NCCOCCOCCN1CC23C4=c5c6c7c8c9c%10c%11c%12c%13c%14c%15c%16c%17c%18c%19c%20c%21c%22c(c2c%20c2c%20c%23c%24c(c5c7c5c9c7c%11c(c%12%16)c9c%17c(c%192)c%23c9c7c%245)C%203C1)C4C1C=6C2c3c1c-%22c(c-%14c3C%13C%10C82)C%211CN(CCOCCOCCN)CC%15%181. The van der Waals surface area contributed by atoms with Crippen molar-refractivity contribution < 1.29 is 18.9 Å². The van der Waals surface area contributed by atoms with E-state index in [-0.39, 0.29) is 21.7 Å². The number of nitrogens with zero attached hydrogens (tertiary/aromatic N) is 2. The molecule has 10 atom stereocenters. The van der Waals surface area contributed by atoms with Gasteiger partial charge in [-0.15, -0.1) is 0 Å². The van der Waals surface area contributed by atoms with Gasteiger partial charge in [0.2, 0.25) is 0 Å². The van der Waals surface area contributed by atoms with Crippen LogP contribution >= 0.6 is 0 Å². The second-order valence-corrected chi connectivity index (χ2v) is 31.2. The molecule has 0 radical (unpaired) electrons. The van der Waals surface area contributed by atoms with Crippen molar-refractivity contribution in [2.45, 2.75) is 57.2 Å². The Morgan fingerprint density at radius 3 is 1.36 bits per heavy atom. The Bertz CT molecular complexity index is 6730. The first-order chi connectivity index (χ1) is 41.8. The molecule has 2 saturated heterocycles. The highest BCUT2D eigenvalue weighted by atomic mass is 16.5. The number of benzene rings is 11. The molecular weight excluding hydrogens is 1030 g/mol. The molecule has 16 aromatic carbocycles. The fraction of sp³-hybridized carbons (Fsp3) is 0.342. The third-order valence-corrected chi connectivity index (χ3v) is 30.6. The van der Waals surface area contributed by atoms with E-state index in [1.54, 1.807) is 162 Å². The van der Waals surface area contributed by atoms with E-state index in [9.17, 15) is 0 Å². The summed E-state index contributed by atoms with van der Waals surface area (Å²) in [6, 6.07) is 0. The van der Waals surface area contributed by atoms with Crippen LogP contribution in [0, 0.1) is 0 Å². The Hall–Kier alpha value is -6.82. The van der Waals surface area contributed by atoms with Gasteiger partial charge in [-0.25, -0.2) is 0 Å². The van der Waals surface area contributed by atoms with Gasteiger partial charge in [0.05, 0.1) is 69.1 Å². The van der Waals surface area contributed by atoms with Gasteiger partial charge in [0.15, 0.2) is 0 Å². The van der Waals surface area contributed by atoms with E-state index in [0.717, 1.165) is 52.5 Å². The van der Waals surface area contributed by atoms with Gasteiger partial charge in [-0.3, -0.25) is 9.80 Å². The van der Waals surface area contributed by atoms with E-state index in [1.807, 2.05) is 111 Å². The minimum atomic E-state index is -0.194. The molecule has 4 N–H and O–H groups in total. The second kappa shape index (κ2) is 9.65. The largest absolute Gasteiger partial charge is 0.378 e. The molecule has 34 rings (SSSR count). The average Bonchev–Trinajstić information content (AvgIpc) is 1.38. The Kier molecular flexibility index (Phi) is 4.32. The Morgan fingerprint density at radius 2 is 0.714 bits per heavy atom. The van der Waals surface area contributed by atoms with Gasteiger partial charge in [-0.1, -0.05) is 0 Å². The van der Waals surface area contributed by atoms with Crippen LogP contribution in [0.1, 0.15) is 113 Å². The molecule has 0 aromatic heterocycles. The number of ether oxygens (including phenoxy) is 4. The Morgan fingerprint density at radius 1 is 0.298 bits per heavy atom. The lowest BCUT2D eigenvalue weighted by molar-refractivity contribution is 0.0428. The van der Waals surface area contributed by atoms with Crippen LogP contribution in [-0.2, 0) is 40.6 Å². The zero-order chi connectivity index (χ0) is 51.6. The third kappa shape index (κ3) is 2.38. The Labute approximate surface area is 472 Å². The molecule has 84 heavy (non-hydrogen) atoms. The Balaban J connectivity index is 0.872. The average molecular weight is 1080 g/mol. The van der Waals surface area contributed by atoms with Gasteiger partial charge >= 0.3 is 0 Å². The highest BCUT2D eigenvalue weighted by molar-refractivity contribution is 6.69. The fourth-order valence-electron chi connectivity index (χ4n) is 30.7. The van der Waals surface area contributed by atoms with Crippen LogP contribution in [0.25, 0.3) is 184 Å². The van der Waals surface area contributed by atoms with Crippen LogP contribution < -0.4 is 21.9 Å². The zero-order valence-electron chi connectivity index (χ0n) is 45.5. The van der Waals surface area contributed by atoms with Gasteiger partial charge < -0.3 is 30.4 Å². The predicted octanol–water partition coefficient (Wildman–Crippen LogP) is 9.81. The van der Waals surface area contributed by atoms with Crippen LogP contribution in [0.4, 0.5) is 0 Å². The van der Waals surface area contributed by atoms with Crippen molar-refractivity contribution in [1.29, 1.82) is 0 Å². The maximum atomic E-state index is 6.65. The van der Waals surface area contributed by atoms with E-state index in [2.05, 4.69) is 9.80 Å². The van der Waals surface area contributed by atoms with Crippen molar-refractivity contribution in [3.8, 4) is 22.3 Å². The summed E-state index contributed by atoms with van der Waals surface area (Å²) < 4.78 is 25.1. The van der Waals surface area contributed by atoms with Gasteiger partial charge in [0.1, 0.15) is 0 Å². The van der Waals surface area contributed by atoms with Crippen molar-refractivity contribution in [3.63, 3.8) is 0 Å². The summed E-state index contributed by atoms with van der Waals surface area (Å²) in [5.74, 6) is 2.69. The summed E-state index contributed by atoms with van der Waals surface area (Å²) in [4.78, 5) is 6.01. The van der Waals surface area contributed by atoms with Gasteiger partial charge in [-0.2, -0.15) is 0 Å². The van der Waals surface area contributed by atoms with E-state index in [4.69, 9.17) is 30.4 Å². The van der Waals surface area contributed by atoms with Crippen LogP contribution in [0.5, 0.6) is 0 Å². The van der Waals surface area contributed by atoms with Gasteiger partial charge in [0.25, 0.3) is 0 Å². The normalized spacial score (nSPS) is 32.8. The number of rotatable bonds is 16. The van der Waals surface area contributed by atoms with E-state index >= 15 is 0 Å². The van der Waals surface area contributed by atoms with Gasteiger partial charge in [-0.05, 0) is 273 Å². The predicted molar refractivity (Wildman–Crippen MR) is 328 cm³/mol. The first-order valence-corrected chi connectivity index (χ1v) is 32.7. The summed E-state index contributed by atoms with van der Waals surface area (Å²) in [5, 5.41) is 52.2. The molecule has 4 spiro atoms. The van der Waals surface area contributed by atoms with Crippen LogP contribution in [-0.4, -0.2) is 115 Å². The summed E-state index contributed by atoms with van der Waals surface area (Å²) >= 11 is 0. The first kappa shape index (κ1) is 37.6. The fourth-order valence-corrected chi connectivity index (χ4v) is 30.7. The van der Waals surface area contributed by atoms with Crippen LogP contribution in [0.15, 0.2) is 0 Å². The second-order valence-electron chi connectivity index (χ2n) is 31.2. The van der Waals surface area contributed by atoms with Gasteiger partial charge in [0, 0.05) is 93.3 Å². The molecule has 390 valence electrons. The van der Waals surface area contributed by atoms with E-state index in [1.165, 1.54) is 0 Å². The maximum Gasteiger partial charge on any atom is 0.0701 e. The third-order valence-electron chi connectivity index (χ3n) is 30.6. The summed E-state index contributed by atoms with van der Waals surface area (Å²) in [6.07, 6.45) is 0. The zero-order valence-corrected chi connectivity index (χ0v) is 45.5. The lowest BCUT2D eigenvalue weighted by Crippen LogP contribution is -2.55. The standard InChI is InChI=1S/C76H42N4O4/c77-1-5-81-9-11-83-7-3-79-13-73-65-49-38-27-20-21-25-18-17-22-19-23(18)34-43-32(25)39-28(21)30-29(27)40-37-41(30)52-50(39)66-54(43)56-45(34)36-26(19)35-44-33(22)42(31(38)24(17)20)53(65)55(44)67-57-46(35)47(36)58-62-61(57)71(75(67,73)15-79)63-59(69(73)51(40)49)48(37)60-64(63)72(62)76(68(56)58)16-80(14-74(66,76)70(52)60)4-8-84-12-10-82-6-2-78/h19,22,26,33,47,58H,1-16,77-78H2. The molecule has 2 aliphatic heterocycles. The molecule has 10 unspecified atom stereocenters. The first-order valence-electron chi connectivity index (χ1n) is 32.7. The molecule has 8 heteroatoms. The molecule has 0 amide bonds. The van der Waals surface area contributed by atoms with Crippen molar-refractivity contribution in [1.82, 2.24) is 9.80 Å². The highest BCUT2D eigenvalue weighted by Gasteiger charge is 2.82. The van der Waals surface area contributed by atoms with Crippen molar-refractivity contribution in [2.24, 2.45) is 11.5 Å². The molecule has 0 saturated carbocycles. The summed E-state index contributed by atoms with van der Waals surface area (Å²) in [5.41, 5.74) is 48.0. The quantitative estimate of drug-likeness (QED) is 0.0731. The van der Waals surface area contributed by atoms with Crippen molar-refractivity contribution >= 4 is 162 Å². The monoisotopic (exact) mass is 1070 g/mol. The number of hydrogen-bond donors (Lipinski definition) is 2. The molecule has 16 aliphatic carbocycles. The van der Waals surface area contributed by atoms with E-state index in [0.29, 0.717) is 88.2 Å². The number of nitrogens with two attached hydrogens (primary N) is 2. The number of likely N-dealkylation sites (tertiary alicyclic amines) is 2. The van der Waals surface area contributed by atoms with E-state index < -0.39 is 0 Å². The molecule has 2 heterocycles. The van der Waals surface area contributed by atoms with Crippen LogP contribution in [0.2, 0.25) is 0 Å². The molecule has 2 fully saturated rings. The molecule has 16 aromatic rings.